The lowest BCUT2D eigenvalue weighted by Gasteiger charge is -2.12. The summed E-state index contributed by atoms with van der Waals surface area (Å²) in [4.78, 5) is 25.4. The molecule has 0 unspecified atom stereocenters. The molecule has 0 N–H and O–H groups in total. The van der Waals surface area contributed by atoms with E-state index < -0.39 is 0 Å². The number of benzene rings is 7. The largest absolute Gasteiger partial charge is 0.294 e. The van der Waals surface area contributed by atoms with Crippen molar-refractivity contribution < 1.29 is 0 Å². The van der Waals surface area contributed by atoms with Crippen molar-refractivity contribution in [2.24, 2.45) is 0 Å². The topological polar surface area (TPSA) is 69.4 Å². The van der Waals surface area contributed by atoms with E-state index in [-0.39, 0.29) is 0 Å². The Kier molecular flexibility index (Phi) is 8.04. The van der Waals surface area contributed by atoms with Crippen molar-refractivity contribution in [2.45, 2.75) is 0 Å². The molecule has 0 bridgehead atoms. The zero-order valence-corrected chi connectivity index (χ0v) is 29.7. The number of hydrogen-bond acceptors (Lipinski definition) is 5. The zero-order valence-electron chi connectivity index (χ0n) is 29.7. The molecule has 10 aromatic rings. The van der Waals surface area contributed by atoms with Gasteiger partial charge in [-0.3, -0.25) is 4.57 Å². The Hall–Kier alpha value is -7.57. The molecular formula is C49H32N6. The average molecular weight is 705 g/mol. The van der Waals surface area contributed by atoms with Gasteiger partial charge in [0.2, 0.25) is 0 Å². The van der Waals surface area contributed by atoms with Gasteiger partial charge in [0.15, 0.2) is 23.3 Å². The van der Waals surface area contributed by atoms with Crippen molar-refractivity contribution in [3.8, 4) is 73.6 Å². The van der Waals surface area contributed by atoms with Gasteiger partial charge >= 0.3 is 0 Å². The highest BCUT2D eigenvalue weighted by molar-refractivity contribution is 6.14. The van der Waals surface area contributed by atoms with Crippen molar-refractivity contribution in [1.29, 1.82) is 0 Å². The highest BCUT2D eigenvalue weighted by Gasteiger charge is 2.21. The van der Waals surface area contributed by atoms with Crippen LogP contribution in [0.4, 0.5) is 0 Å². The Morgan fingerprint density at radius 3 is 1.31 bits per heavy atom. The highest BCUT2D eigenvalue weighted by Crippen LogP contribution is 2.39. The monoisotopic (exact) mass is 704 g/mol. The van der Waals surface area contributed by atoms with Gasteiger partial charge in [-0.2, -0.15) is 0 Å². The molecular weight excluding hydrogens is 673 g/mol. The fourth-order valence-corrected chi connectivity index (χ4v) is 7.24. The molecule has 0 amide bonds. The molecule has 0 fully saturated rings. The molecule has 10 rings (SSSR count). The van der Waals surface area contributed by atoms with E-state index in [1.807, 2.05) is 84.9 Å². The first-order valence-electron chi connectivity index (χ1n) is 18.3. The van der Waals surface area contributed by atoms with Crippen molar-refractivity contribution >= 4 is 21.9 Å². The third-order valence-corrected chi connectivity index (χ3v) is 9.85. The number of nitrogens with zero attached hydrogens (tertiary/aromatic N) is 6. The molecule has 55 heavy (non-hydrogen) atoms. The SMILES string of the molecule is c1ccc(-c2nc(-c3ccccc3)nc(-c3cccc(-c4cccc(-c5nc(-c6ccccc6)nc6c5c5ccccc5n6-c5ccccc5)c4)c3)n2)cc1. The van der Waals surface area contributed by atoms with E-state index in [1.54, 1.807) is 0 Å². The molecule has 0 aliphatic heterocycles. The van der Waals surface area contributed by atoms with Crippen LogP contribution in [0.1, 0.15) is 0 Å². The van der Waals surface area contributed by atoms with Crippen LogP contribution < -0.4 is 0 Å². The van der Waals surface area contributed by atoms with Gasteiger partial charge in [0, 0.05) is 38.9 Å². The van der Waals surface area contributed by atoms with Crippen LogP contribution in [0.15, 0.2) is 194 Å². The third-order valence-electron chi connectivity index (χ3n) is 9.85. The van der Waals surface area contributed by atoms with Crippen molar-refractivity contribution in [2.75, 3.05) is 0 Å². The fraction of sp³-hybridized carbons (Fsp3) is 0. The summed E-state index contributed by atoms with van der Waals surface area (Å²) < 4.78 is 2.25. The molecule has 6 heteroatoms. The Bertz CT molecular complexity index is 2900. The van der Waals surface area contributed by atoms with Crippen LogP contribution in [-0.4, -0.2) is 29.5 Å². The fourth-order valence-electron chi connectivity index (χ4n) is 7.24. The second kappa shape index (κ2) is 13.8. The first-order valence-corrected chi connectivity index (χ1v) is 18.3. The van der Waals surface area contributed by atoms with Gasteiger partial charge in [-0.15, -0.1) is 0 Å². The van der Waals surface area contributed by atoms with Crippen LogP contribution in [-0.2, 0) is 0 Å². The van der Waals surface area contributed by atoms with Crippen LogP contribution in [0.3, 0.4) is 0 Å². The summed E-state index contributed by atoms with van der Waals surface area (Å²) in [6, 6.07) is 66.3. The van der Waals surface area contributed by atoms with Gasteiger partial charge in [0.05, 0.1) is 16.6 Å². The van der Waals surface area contributed by atoms with Gasteiger partial charge in [-0.05, 0) is 41.5 Å². The number of rotatable bonds is 7. The van der Waals surface area contributed by atoms with E-state index in [1.165, 1.54) is 0 Å². The lowest BCUT2D eigenvalue weighted by atomic mass is 9.98. The minimum absolute atomic E-state index is 0.615. The van der Waals surface area contributed by atoms with Crippen molar-refractivity contribution in [3.05, 3.63) is 194 Å². The molecule has 3 aromatic heterocycles. The molecule has 0 saturated heterocycles. The van der Waals surface area contributed by atoms with Crippen LogP contribution in [0, 0.1) is 0 Å². The molecule has 0 atom stereocenters. The molecule has 3 heterocycles. The molecule has 0 spiro atoms. The molecule has 6 nitrogen and oxygen atoms in total. The van der Waals surface area contributed by atoms with Gasteiger partial charge < -0.3 is 0 Å². The van der Waals surface area contributed by atoms with E-state index in [0.717, 1.165) is 72.3 Å². The highest BCUT2D eigenvalue weighted by atomic mass is 15.1. The van der Waals surface area contributed by atoms with E-state index in [9.17, 15) is 0 Å². The number of aromatic nitrogens is 6. The lowest BCUT2D eigenvalue weighted by molar-refractivity contribution is 1.07. The standard InChI is InChI=1S/C49H32N6/c1-5-17-33(18-6-1)45-50-44(43-41-29-13-14-30-42(41)55(49(43)54-45)40-27-11-4-12-28-40)38-25-15-23-36(31-38)37-24-16-26-39(32-37)48-52-46(34-19-7-2-8-20-34)51-47(53-48)35-21-9-3-10-22-35/h1-32H. The van der Waals surface area contributed by atoms with E-state index in [2.05, 4.69) is 114 Å². The van der Waals surface area contributed by atoms with Crippen molar-refractivity contribution in [1.82, 2.24) is 29.5 Å². The third kappa shape index (κ3) is 6.02. The van der Waals surface area contributed by atoms with E-state index >= 15 is 0 Å². The Morgan fingerprint density at radius 1 is 0.309 bits per heavy atom. The van der Waals surface area contributed by atoms with Crippen LogP contribution in [0.25, 0.3) is 95.6 Å². The Balaban J connectivity index is 1.14. The minimum Gasteiger partial charge on any atom is -0.294 e. The smallest absolute Gasteiger partial charge is 0.164 e. The van der Waals surface area contributed by atoms with Crippen LogP contribution in [0.2, 0.25) is 0 Å². The molecule has 258 valence electrons. The average Bonchev–Trinajstić information content (AvgIpc) is 3.61. The van der Waals surface area contributed by atoms with Gasteiger partial charge in [-0.25, -0.2) is 24.9 Å². The summed E-state index contributed by atoms with van der Waals surface area (Å²) in [5, 5.41) is 2.11. The summed E-state index contributed by atoms with van der Waals surface area (Å²) in [6.07, 6.45) is 0. The summed E-state index contributed by atoms with van der Waals surface area (Å²) in [7, 11) is 0. The van der Waals surface area contributed by atoms with Crippen molar-refractivity contribution in [3.63, 3.8) is 0 Å². The number of fused-ring (bicyclic) bond motifs is 3. The quantitative estimate of drug-likeness (QED) is 0.165. The summed E-state index contributed by atoms with van der Waals surface area (Å²) in [6.45, 7) is 0. The molecule has 0 radical (unpaired) electrons. The first-order chi connectivity index (χ1) is 27.3. The van der Waals surface area contributed by atoms with Crippen LogP contribution in [0.5, 0.6) is 0 Å². The second-order valence-electron chi connectivity index (χ2n) is 13.3. The lowest BCUT2D eigenvalue weighted by Crippen LogP contribution is -2.00. The molecule has 0 aliphatic carbocycles. The summed E-state index contributed by atoms with van der Waals surface area (Å²) >= 11 is 0. The maximum Gasteiger partial charge on any atom is 0.164 e. The zero-order chi connectivity index (χ0) is 36.6. The number of hydrogen-bond donors (Lipinski definition) is 0. The van der Waals surface area contributed by atoms with Gasteiger partial charge in [0.1, 0.15) is 5.65 Å². The predicted octanol–water partition coefficient (Wildman–Crippen LogP) is 11.8. The Morgan fingerprint density at radius 2 is 0.727 bits per heavy atom. The first kappa shape index (κ1) is 32.1. The maximum atomic E-state index is 5.32. The Labute approximate surface area is 318 Å². The van der Waals surface area contributed by atoms with Crippen LogP contribution >= 0.6 is 0 Å². The normalized spacial score (nSPS) is 11.3. The maximum absolute atomic E-state index is 5.32. The predicted molar refractivity (Wildman–Crippen MR) is 222 cm³/mol. The van der Waals surface area contributed by atoms with Gasteiger partial charge in [0.25, 0.3) is 0 Å². The van der Waals surface area contributed by atoms with E-state index in [4.69, 9.17) is 24.9 Å². The second-order valence-corrected chi connectivity index (χ2v) is 13.3. The summed E-state index contributed by atoms with van der Waals surface area (Å²) in [5.41, 5.74) is 10.7. The minimum atomic E-state index is 0.615. The molecule has 0 saturated carbocycles. The van der Waals surface area contributed by atoms with Gasteiger partial charge in [-0.1, -0.05) is 164 Å². The number of para-hydroxylation sites is 2. The molecule has 0 aliphatic rings. The summed E-state index contributed by atoms with van der Waals surface area (Å²) in [5.74, 6) is 2.56. The van der Waals surface area contributed by atoms with E-state index in [0.29, 0.717) is 23.3 Å². The molecule has 7 aromatic carbocycles.